The molecule has 142 valence electrons. The Hall–Kier alpha value is -3.36. The van der Waals surface area contributed by atoms with Crippen LogP contribution in [0.15, 0.2) is 43.1 Å². The van der Waals surface area contributed by atoms with Crippen molar-refractivity contribution in [1.29, 1.82) is 5.41 Å². The molecule has 27 heavy (non-hydrogen) atoms. The second-order valence-electron chi connectivity index (χ2n) is 5.48. The summed E-state index contributed by atoms with van der Waals surface area (Å²) in [6.45, 7) is 4.87. The number of hydrogen-bond acceptors (Lipinski definition) is 5. The zero-order valence-electron chi connectivity index (χ0n) is 14.6. The molecule has 0 aliphatic rings. The predicted octanol–water partition coefficient (Wildman–Crippen LogP) is 4.36. The molecule has 0 unspecified atom stereocenters. The van der Waals surface area contributed by atoms with Gasteiger partial charge in [-0.2, -0.15) is 13.2 Å². The number of alkyl halides is 3. The number of carbonyl (C=O) groups is 1. The molecule has 0 aliphatic heterocycles. The van der Waals surface area contributed by atoms with Crippen LogP contribution in [0.2, 0.25) is 0 Å². The van der Waals surface area contributed by atoms with Gasteiger partial charge in [0.25, 0.3) is 0 Å². The molecule has 6 nitrogen and oxygen atoms in total. The average Bonchev–Trinajstić information content (AvgIpc) is 2.61. The van der Waals surface area contributed by atoms with Crippen LogP contribution < -0.4 is 15.4 Å². The van der Waals surface area contributed by atoms with Gasteiger partial charge in [0.1, 0.15) is 11.6 Å². The topological polar surface area (TPSA) is 87.1 Å². The number of pyridine rings is 1. The average molecular weight is 378 g/mol. The van der Waals surface area contributed by atoms with Crippen molar-refractivity contribution in [2.75, 3.05) is 17.7 Å². The van der Waals surface area contributed by atoms with Gasteiger partial charge in [-0.05, 0) is 31.2 Å². The lowest BCUT2D eigenvalue weighted by atomic mass is 10.1. The molecule has 0 fully saturated rings. The van der Waals surface area contributed by atoms with Crippen LogP contribution in [0.5, 0.6) is 5.75 Å². The third kappa shape index (κ3) is 4.84. The molecule has 0 saturated carbocycles. The molecular formula is C18H17F3N4O2. The van der Waals surface area contributed by atoms with Crippen LogP contribution >= 0.6 is 0 Å². The van der Waals surface area contributed by atoms with Crippen LogP contribution in [-0.2, 0) is 11.0 Å². The Bertz CT molecular complexity index is 895. The number of anilines is 3. The van der Waals surface area contributed by atoms with E-state index in [0.29, 0.717) is 16.9 Å². The van der Waals surface area contributed by atoms with Crippen molar-refractivity contribution in [2.24, 2.45) is 0 Å². The van der Waals surface area contributed by atoms with Crippen LogP contribution in [0, 0.1) is 5.41 Å². The van der Waals surface area contributed by atoms with E-state index in [2.05, 4.69) is 22.2 Å². The highest BCUT2D eigenvalue weighted by Crippen LogP contribution is 2.38. The molecule has 0 aliphatic carbocycles. The highest BCUT2D eigenvalue weighted by atomic mass is 19.4. The maximum absolute atomic E-state index is 13.0. The molecule has 1 amide bonds. The number of rotatable bonds is 6. The number of amides is 1. The molecule has 2 aromatic rings. The third-order valence-electron chi connectivity index (χ3n) is 3.51. The van der Waals surface area contributed by atoms with Crippen molar-refractivity contribution >= 4 is 28.8 Å². The molecule has 0 atom stereocenters. The fraction of sp³-hybridized carbons (Fsp3) is 0.167. The second kappa shape index (κ2) is 7.90. The number of hydrogen-bond donors (Lipinski definition) is 3. The van der Waals surface area contributed by atoms with Crippen molar-refractivity contribution in [3.8, 4) is 5.75 Å². The summed E-state index contributed by atoms with van der Waals surface area (Å²) in [5.74, 6) is -0.519. The first-order chi connectivity index (χ1) is 12.7. The van der Waals surface area contributed by atoms with Gasteiger partial charge in [0.05, 0.1) is 24.6 Å². The minimum Gasteiger partial charge on any atom is -0.496 e. The van der Waals surface area contributed by atoms with E-state index in [0.717, 1.165) is 19.3 Å². The predicted molar refractivity (Wildman–Crippen MR) is 96.8 cm³/mol. The summed E-state index contributed by atoms with van der Waals surface area (Å²) in [7, 11) is 1.15. The monoisotopic (exact) mass is 378 g/mol. The van der Waals surface area contributed by atoms with Crippen LogP contribution in [-0.4, -0.2) is 23.7 Å². The smallest absolute Gasteiger partial charge is 0.419 e. The number of nitrogens with zero attached hydrogens (tertiary/aromatic N) is 1. The Morgan fingerprint density at radius 1 is 1.30 bits per heavy atom. The summed E-state index contributed by atoms with van der Waals surface area (Å²) >= 11 is 0. The zero-order valence-corrected chi connectivity index (χ0v) is 14.6. The molecule has 0 radical (unpaired) electrons. The Kier molecular flexibility index (Phi) is 5.84. The van der Waals surface area contributed by atoms with Gasteiger partial charge in [-0.3, -0.25) is 4.79 Å². The summed E-state index contributed by atoms with van der Waals surface area (Å²) in [6.07, 6.45) is -2.08. The molecule has 9 heteroatoms. The Morgan fingerprint density at radius 3 is 2.56 bits per heavy atom. The second-order valence-corrected chi connectivity index (χ2v) is 5.48. The number of aromatic nitrogens is 1. The van der Waals surface area contributed by atoms with Gasteiger partial charge in [0.2, 0.25) is 5.91 Å². The highest BCUT2D eigenvalue weighted by Gasteiger charge is 2.34. The first-order valence-corrected chi connectivity index (χ1v) is 7.67. The van der Waals surface area contributed by atoms with Crippen LogP contribution in [0.25, 0.3) is 0 Å². The number of ether oxygens (including phenoxy) is 1. The van der Waals surface area contributed by atoms with Crippen molar-refractivity contribution in [3.63, 3.8) is 0 Å². The van der Waals surface area contributed by atoms with E-state index in [1.54, 1.807) is 0 Å². The zero-order chi connectivity index (χ0) is 20.2. The van der Waals surface area contributed by atoms with Gasteiger partial charge >= 0.3 is 6.18 Å². The molecule has 3 N–H and O–H groups in total. The van der Waals surface area contributed by atoms with E-state index >= 15 is 0 Å². The minimum absolute atomic E-state index is 0.151. The van der Waals surface area contributed by atoms with E-state index in [9.17, 15) is 18.0 Å². The maximum atomic E-state index is 13.0. The van der Waals surface area contributed by atoms with E-state index in [1.165, 1.54) is 31.3 Å². The number of halogens is 3. The Balaban J connectivity index is 2.37. The van der Waals surface area contributed by atoms with E-state index in [-0.39, 0.29) is 17.3 Å². The molecule has 1 heterocycles. The molecule has 0 bridgehead atoms. The van der Waals surface area contributed by atoms with Gasteiger partial charge in [-0.25, -0.2) is 4.98 Å². The van der Waals surface area contributed by atoms with E-state index in [4.69, 9.17) is 10.1 Å². The molecule has 1 aromatic heterocycles. The molecular weight excluding hydrogens is 361 g/mol. The third-order valence-corrected chi connectivity index (χ3v) is 3.51. The van der Waals surface area contributed by atoms with Crippen molar-refractivity contribution in [2.45, 2.75) is 13.1 Å². The van der Waals surface area contributed by atoms with E-state index < -0.39 is 17.6 Å². The SMILES string of the molecule is C=CC(=O)Nc1cnc(Nc2ccc(C(F)(F)F)c(OC)c2)c(C(C)=N)c1. The van der Waals surface area contributed by atoms with Crippen molar-refractivity contribution < 1.29 is 22.7 Å². The lowest BCUT2D eigenvalue weighted by Gasteiger charge is -2.15. The fourth-order valence-electron chi connectivity index (χ4n) is 2.25. The normalized spacial score (nSPS) is 10.9. The maximum Gasteiger partial charge on any atom is 0.419 e. The summed E-state index contributed by atoms with van der Waals surface area (Å²) in [5.41, 5.74) is 0.290. The molecule has 1 aromatic carbocycles. The number of methoxy groups -OCH3 is 1. The lowest BCUT2D eigenvalue weighted by molar-refractivity contribution is -0.138. The minimum atomic E-state index is -4.54. The molecule has 0 spiro atoms. The summed E-state index contributed by atoms with van der Waals surface area (Å²) in [5, 5.41) is 13.3. The highest BCUT2D eigenvalue weighted by molar-refractivity contribution is 6.04. The first kappa shape index (κ1) is 20.0. The standard InChI is InChI=1S/C18H17F3N4O2/c1-4-16(26)24-12-7-13(10(2)22)17(23-9-12)25-11-5-6-14(18(19,20)21)15(8-11)27-3/h4-9,22H,1H2,2-3H3,(H,23,25)(H,24,26). The largest absolute Gasteiger partial charge is 0.496 e. The first-order valence-electron chi connectivity index (χ1n) is 7.67. The molecule has 0 saturated heterocycles. The van der Waals surface area contributed by atoms with Crippen LogP contribution in [0.1, 0.15) is 18.1 Å². The summed E-state index contributed by atoms with van der Waals surface area (Å²) in [6, 6.07) is 4.86. The summed E-state index contributed by atoms with van der Waals surface area (Å²) < 4.78 is 43.7. The van der Waals surface area contributed by atoms with Crippen LogP contribution in [0.4, 0.5) is 30.4 Å². The van der Waals surface area contributed by atoms with Gasteiger partial charge < -0.3 is 20.8 Å². The lowest BCUT2D eigenvalue weighted by Crippen LogP contribution is -2.11. The van der Waals surface area contributed by atoms with E-state index in [1.807, 2.05) is 0 Å². The fourth-order valence-corrected chi connectivity index (χ4v) is 2.25. The van der Waals surface area contributed by atoms with Gasteiger partial charge in [-0.15, -0.1) is 0 Å². The van der Waals surface area contributed by atoms with Gasteiger partial charge in [0.15, 0.2) is 0 Å². The number of benzene rings is 1. The summed E-state index contributed by atoms with van der Waals surface area (Å²) in [4.78, 5) is 15.5. The van der Waals surface area contributed by atoms with Gasteiger partial charge in [-0.1, -0.05) is 6.58 Å². The van der Waals surface area contributed by atoms with Crippen LogP contribution in [0.3, 0.4) is 0 Å². The number of carbonyl (C=O) groups excluding carboxylic acids is 1. The molecule has 2 rings (SSSR count). The van der Waals surface area contributed by atoms with Gasteiger partial charge in [0, 0.05) is 23.0 Å². The quantitative estimate of drug-likeness (QED) is 0.515. The Morgan fingerprint density at radius 2 is 2.00 bits per heavy atom. The number of nitrogens with one attached hydrogen (secondary N) is 3. The van der Waals surface area contributed by atoms with Crippen molar-refractivity contribution in [3.05, 3.63) is 54.2 Å². The Labute approximate surface area is 153 Å². The van der Waals surface area contributed by atoms with Crippen molar-refractivity contribution in [1.82, 2.24) is 4.98 Å².